The fourth-order valence-corrected chi connectivity index (χ4v) is 4.84. The van der Waals surface area contributed by atoms with Crippen LogP contribution in [0.15, 0.2) is 67.1 Å². The highest BCUT2D eigenvalue weighted by molar-refractivity contribution is 7.22. The number of nitrogens with zero attached hydrogens (tertiary/aromatic N) is 3. The molecule has 0 aliphatic rings. The van der Waals surface area contributed by atoms with Gasteiger partial charge < -0.3 is 20.7 Å². The van der Waals surface area contributed by atoms with Crippen molar-refractivity contribution < 1.29 is 14.9 Å². The monoisotopic (exact) mass is 458 g/mol. The van der Waals surface area contributed by atoms with Crippen LogP contribution in [0.5, 0.6) is 5.75 Å². The SMILES string of the molecule is COc1cc(CO)cc2nc(-c3ccc(-n4cncc4-c4ccc(CO)c(N)c4)cc3)sc12. The van der Waals surface area contributed by atoms with Crippen LogP contribution in [0.25, 0.3) is 37.7 Å². The largest absolute Gasteiger partial charge is 0.495 e. The molecule has 3 aromatic carbocycles. The Morgan fingerprint density at radius 3 is 2.48 bits per heavy atom. The summed E-state index contributed by atoms with van der Waals surface area (Å²) in [5.74, 6) is 0.714. The first-order valence-corrected chi connectivity index (χ1v) is 11.1. The molecule has 0 radical (unpaired) electrons. The fraction of sp³-hybridized carbons (Fsp3) is 0.120. The zero-order chi connectivity index (χ0) is 22.9. The molecule has 8 heteroatoms. The molecule has 0 bridgehead atoms. The van der Waals surface area contributed by atoms with Crippen LogP contribution in [0, 0.1) is 0 Å². The molecule has 0 unspecified atom stereocenters. The molecule has 2 heterocycles. The van der Waals surface area contributed by atoms with Crippen LogP contribution in [0.4, 0.5) is 5.69 Å². The highest BCUT2D eigenvalue weighted by Crippen LogP contribution is 2.37. The number of thiazole rings is 1. The molecule has 0 saturated carbocycles. The van der Waals surface area contributed by atoms with Crippen molar-refractivity contribution in [1.82, 2.24) is 14.5 Å². The van der Waals surface area contributed by atoms with Crippen molar-refractivity contribution in [2.45, 2.75) is 13.2 Å². The second kappa shape index (κ2) is 8.67. The van der Waals surface area contributed by atoms with Crippen molar-refractivity contribution in [2.75, 3.05) is 12.8 Å². The van der Waals surface area contributed by atoms with Gasteiger partial charge in [-0.1, -0.05) is 12.1 Å². The van der Waals surface area contributed by atoms with E-state index in [0.29, 0.717) is 17.0 Å². The zero-order valence-electron chi connectivity index (χ0n) is 17.9. The second-order valence-corrected chi connectivity index (χ2v) is 8.59. The standard InChI is InChI=1S/C25H22N4O3S/c1-32-23-9-15(12-30)8-21-24(23)33-25(28-21)16-4-6-19(7-5-16)29-14-27-11-22(29)17-2-3-18(13-31)20(26)10-17/h2-11,14,30-31H,12-13,26H2,1H3. The lowest BCUT2D eigenvalue weighted by atomic mass is 10.1. The summed E-state index contributed by atoms with van der Waals surface area (Å²) in [4.78, 5) is 9.08. The molecule has 7 nitrogen and oxygen atoms in total. The third kappa shape index (κ3) is 3.84. The summed E-state index contributed by atoms with van der Waals surface area (Å²) < 4.78 is 8.44. The van der Waals surface area contributed by atoms with Gasteiger partial charge in [-0.3, -0.25) is 4.57 Å². The third-order valence-corrected chi connectivity index (χ3v) is 6.70. The lowest BCUT2D eigenvalue weighted by Gasteiger charge is -2.11. The summed E-state index contributed by atoms with van der Waals surface area (Å²) >= 11 is 1.56. The molecule has 166 valence electrons. The molecule has 2 aromatic heterocycles. The predicted molar refractivity (Wildman–Crippen MR) is 130 cm³/mol. The van der Waals surface area contributed by atoms with Gasteiger partial charge in [-0.15, -0.1) is 11.3 Å². The van der Waals surface area contributed by atoms with Crippen molar-refractivity contribution in [3.63, 3.8) is 0 Å². The van der Waals surface area contributed by atoms with Gasteiger partial charge in [0.2, 0.25) is 0 Å². The summed E-state index contributed by atoms with van der Waals surface area (Å²) in [6, 6.07) is 17.4. The second-order valence-electron chi connectivity index (χ2n) is 7.59. The Hall–Kier alpha value is -3.72. The average molecular weight is 459 g/mol. The first-order chi connectivity index (χ1) is 16.1. The van der Waals surface area contributed by atoms with Crippen LogP contribution in [0.1, 0.15) is 11.1 Å². The van der Waals surface area contributed by atoms with Gasteiger partial charge in [0.1, 0.15) is 10.8 Å². The first-order valence-electron chi connectivity index (χ1n) is 10.3. The molecule has 0 aliphatic carbocycles. The molecule has 4 N–H and O–H groups in total. The number of aliphatic hydroxyl groups excluding tert-OH is 2. The lowest BCUT2D eigenvalue weighted by molar-refractivity contribution is 0.281. The molecule has 0 atom stereocenters. The van der Waals surface area contributed by atoms with E-state index in [1.54, 1.807) is 31.0 Å². The lowest BCUT2D eigenvalue weighted by Crippen LogP contribution is -1.98. The number of hydrogen-bond acceptors (Lipinski definition) is 7. The molecule has 0 amide bonds. The number of methoxy groups -OCH3 is 1. The van der Waals surface area contributed by atoms with E-state index >= 15 is 0 Å². The minimum absolute atomic E-state index is 0.0600. The van der Waals surface area contributed by atoms with E-state index in [1.807, 2.05) is 59.2 Å². The van der Waals surface area contributed by atoms with E-state index in [-0.39, 0.29) is 13.2 Å². The maximum absolute atomic E-state index is 9.50. The Morgan fingerprint density at radius 1 is 1.00 bits per heavy atom. The summed E-state index contributed by atoms with van der Waals surface area (Å²) in [5, 5.41) is 19.8. The van der Waals surface area contributed by atoms with Gasteiger partial charge in [0.15, 0.2) is 0 Å². The normalized spacial score (nSPS) is 11.2. The van der Waals surface area contributed by atoms with Gasteiger partial charge in [0, 0.05) is 28.1 Å². The first kappa shape index (κ1) is 21.1. The van der Waals surface area contributed by atoms with Crippen molar-refractivity contribution in [3.05, 3.63) is 78.2 Å². The van der Waals surface area contributed by atoms with E-state index in [4.69, 9.17) is 15.5 Å². The summed E-state index contributed by atoms with van der Waals surface area (Å²) in [6.07, 6.45) is 3.55. The molecular formula is C25H22N4O3S. The van der Waals surface area contributed by atoms with Crippen LogP contribution < -0.4 is 10.5 Å². The van der Waals surface area contributed by atoms with Crippen LogP contribution in [0.3, 0.4) is 0 Å². The van der Waals surface area contributed by atoms with Gasteiger partial charge in [-0.25, -0.2) is 9.97 Å². The van der Waals surface area contributed by atoms with Crippen molar-refractivity contribution in [2.24, 2.45) is 0 Å². The third-order valence-electron chi connectivity index (χ3n) is 5.56. The van der Waals surface area contributed by atoms with E-state index in [9.17, 15) is 10.2 Å². The van der Waals surface area contributed by atoms with Crippen LogP contribution in [0.2, 0.25) is 0 Å². The van der Waals surface area contributed by atoms with E-state index < -0.39 is 0 Å². The predicted octanol–water partition coefficient (Wildman–Crippen LogP) is 4.39. The van der Waals surface area contributed by atoms with Crippen LogP contribution >= 0.6 is 11.3 Å². The van der Waals surface area contributed by atoms with Crippen molar-refractivity contribution in [3.8, 4) is 33.3 Å². The van der Waals surface area contributed by atoms with E-state index in [0.717, 1.165) is 43.3 Å². The number of benzene rings is 3. The molecule has 0 saturated heterocycles. The quantitative estimate of drug-likeness (QED) is 0.326. The van der Waals surface area contributed by atoms with E-state index in [1.165, 1.54) is 0 Å². The molecule has 0 fully saturated rings. The minimum atomic E-state index is -0.0915. The smallest absolute Gasteiger partial charge is 0.138 e. The molecule has 5 aromatic rings. The van der Waals surface area contributed by atoms with Crippen LogP contribution in [-0.4, -0.2) is 31.9 Å². The molecule has 0 aliphatic heterocycles. The van der Waals surface area contributed by atoms with Gasteiger partial charge in [-0.05, 0) is 48.0 Å². The van der Waals surface area contributed by atoms with Crippen molar-refractivity contribution in [1.29, 1.82) is 0 Å². The molecule has 33 heavy (non-hydrogen) atoms. The maximum atomic E-state index is 9.50. The summed E-state index contributed by atoms with van der Waals surface area (Å²) in [6.45, 7) is -0.152. The number of hydrogen-bond donors (Lipinski definition) is 3. The van der Waals surface area contributed by atoms with E-state index in [2.05, 4.69) is 4.98 Å². The summed E-state index contributed by atoms with van der Waals surface area (Å²) in [7, 11) is 1.62. The number of nitrogens with two attached hydrogens (primary N) is 1. The Balaban J connectivity index is 1.49. The number of aliphatic hydroxyl groups is 2. The van der Waals surface area contributed by atoms with Gasteiger partial charge in [0.25, 0.3) is 0 Å². The van der Waals surface area contributed by atoms with Gasteiger partial charge in [-0.2, -0.15) is 0 Å². The minimum Gasteiger partial charge on any atom is -0.495 e. The van der Waals surface area contributed by atoms with Crippen molar-refractivity contribution >= 4 is 27.2 Å². The number of anilines is 1. The van der Waals surface area contributed by atoms with Gasteiger partial charge in [0.05, 0.1) is 48.8 Å². The highest BCUT2D eigenvalue weighted by atomic mass is 32.1. The number of aromatic nitrogens is 3. The molecule has 5 rings (SSSR count). The number of fused-ring (bicyclic) bond motifs is 1. The Labute approximate surface area is 194 Å². The summed E-state index contributed by atoms with van der Waals surface area (Å²) in [5.41, 5.74) is 12.7. The number of ether oxygens (including phenoxy) is 1. The Bertz CT molecular complexity index is 1440. The number of rotatable bonds is 6. The van der Waals surface area contributed by atoms with Crippen LogP contribution in [-0.2, 0) is 13.2 Å². The fourth-order valence-electron chi connectivity index (χ4n) is 3.80. The van der Waals surface area contributed by atoms with Gasteiger partial charge >= 0.3 is 0 Å². The number of nitrogen functional groups attached to an aromatic ring is 1. The Kier molecular flexibility index (Phi) is 5.55. The Morgan fingerprint density at radius 2 is 1.79 bits per heavy atom. The molecule has 0 spiro atoms. The highest BCUT2D eigenvalue weighted by Gasteiger charge is 2.13. The molecular weight excluding hydrogens is 436 g/mol. The average Bonchev–Trinajstić information content (AvgIpc) is 3.51. The maximum Gasteiger partial charge on any atom is 0.138 e. The number of imidazole rings is 1. The topological polar surface area (TPSA) is 106 Å². The zero-order valence-corrected chi connectivity index (χ0v) is 18.7.